The fourth-order valence-electron chi connectivity index (χ4n) is 4.23. The van der Waals surface area contributed by atoms with Crippen LogP contribution in [0, 0.1) is 6.92 Å². The van der Waals surface area contributed by atoms with Gasteiger partial charge in [0.05, 0.1) is 14.2 Å². The van der Waals surface area contributed by atoms with Gasteiger partial charge in [-0.25, -0.2) is 4.58 Å². The van der Waals surface area contributed by atoms with E-state index in [9.17, 15) is 0 Å². The van der Waals surface area contributed by atoms with Crippen LogP contribution in [0.15, 0.2) is 36.4 Å². The van der Waals surface area contributed by atoms with Crippen molar-refractivity contribution >= 4 is 5.71 Å². The number of methoxy groups -OCH3 is 2. The van der Waals surface area contributed by atoms with Gasteiger partial charge in [-0.3, -0.25) is 0 Å². The Morgan fingerprint density at radius 3 is 2.28 bits per heavy atom. The minimum Gasteiger partial charge on any atom is -0.493 e. The van der Waals surface area contributed by atoms with Crippen LogP contribution < -0.4 is 9.47 Å². The Bertz CT molecular complexity index is 837. The molecule has 0 saturated heterocycles. The van der Waals surface area contributed by atoms with E-state index >= 15 is 0 Å². The summed E-state index contributed by atoms with van der Waals surface area (Å²) in [6, 6.07) is 13.3. The van der Waals surface area contributed by atoms with E-state index in [1.165, 1.54) is 60.1 Å². The quantitative estimate of drug-likeness (QED) is 0.368. The van der Waals surface area contributed by atoms with E-state index in [0.29, 0.717) is 0 Å². The zero-order valence-corrected chi connectivity index (χ0v) is 18.6. The van der Waals surface area contributed by atoms with Gasteiger partial charge in [0.25, 0.3) is 0 Å². The van der Waals surface area contributed by atoms with E-state index in [1.54, 1.807) is 14.2 Å². The predicted octanol–water partition coefficient (Wildman–Crippen LogP) is 5.93. The first kappa shape index (κ1) is 21.4. The Hall–Kier alpha value is -2.29. The molecule has 1 heterocycles. The van der Waals surface area contributed by atoms with Gasteiger partial charge < -0.3 is 9.47 Å². The maximum atomic E-state index is 5.62. The average Bonchev–Trinajstić information content (AvgIpc) is 2.75. The van der Waals surface area contributed by atoms with Gasteiger partial charge in [0.2, 0.25) is 0 Å². The van der Waals surface area contributed by atoms with E-state index < -0.39 is 0 Å². The van der Waals surface area contributed by atoms with Crippen LogP contribution >= 0.6 is 0 Å². The van der Waals surface area contributed by atoms with Crippen molar-refractivity contribution < 1.29 is 14.0 Å². The van der Waals surface area contributed by atoms with E-state index in [-0.39, 0.29) is 0 Å². The second-order valence-corrected chi connectivity index (χ2v) is 8.13. The van der Waals surface area contributed by atoms with Gasteiger partial charge in [0.15, 0.2) is 23.8 Å². The molecule has 3 heteroatoms. The molecule has 156 valence electrons. The van der Waals surface area contributed by atoms with Gasteiger partial charge in [-0.05, 0) is 31.0 Å². The van der Waals surface area contributed by atoms with Crippen molar-refractivity contribution in [3.05, 3.63) is 58.7 Å². The molecule has 2 aromatic carbocycles. The van der Waals surface area contributed by atoms with E-state index in [4.69, 9.17) is 9.47 Å². The Kier molecular flexibility index (Phi) is 7.74. The van der Waals surface area contributed by atoms with Crippen molar-refractivity contribution in [1.82, 2.24) is 0 Å². The monoisotopic (exact) mass is 394 g/mol. The number of nitrogens with zero attached hydrogens (tertiary/aromatic N) is 1. The highest BCUT2D eigenvalue weighted by Crippen LogP contribution is 2.33. The van der Waals surface area contributed by atoms with E-state index in [2.05, 4.69) is 54.8 Å². The third-order valence-corrected chi connectivity index (χ3v) is 5.96. The van der Waals surface area contributed by atoms with Crippen molar-refractivity contribution in [2.24, 2.45) is 0 Å². The van der Waals surface area contributed by atoms with Crippen molar-refractivity contribution in [3.63, 3.8) is 0 Å². The first-order valence-corrected chi connectivity index (χ1v) is 11.1. The highest BCUT2D eigenvalue weighted by Gasteiger charge is 2.27. The van der Waals surface area contributed by atoms with Crippen molar-refractivity contribution in [2.75, 3.05) is 20.8 Å². The topological polar surface area (TPSA) is 21.5 Å². The molecule has 0 atom stereocenters. The molecule has 2 aromatic rings. The van der Waals surface area contributed by atoms with Gasteiger partial charge in [-0.1, -0.05) is 62.4 Å². The summed E-state index contributed by atoms with van der Waals surface area (Å²) in [4.78, 5) is 0. The molecule has 0 unspecified atom stereocenters. The molecule has 0 fully saturated rings. The molecule has 0 aromatic heterocycles. The SMILES string of the molecule is CCCCCCCC1=[N+](Cc2ccc(C)cc2)CCc2cc(OC)c(OC)cc21. The van der Waals surface area contributed by atoms with E-state index in [1.807, 2.05) is 0 Å². The third kappa shape index (κ3) is 5.41. The van der Waals surface area contributed by atoms with Crippen LogP contribution in [0.25, 0.3) is 0 Å². The number of unbranched alkanes of at least 4 members (excludes halogenated alkanes) is 4. The lowest BCUT2D eigenvalue weighted by molar-refractivity contribution is -0.545. The molecular formula is C26H36NO2+. The zero-order valence-electron chi connectivity index (χ0n) is 18.6. The zero-order chi connectivity index (χ0) is 20.6. The van der Waals surface area contributed by atoms with Crippen LogP contribution in [0.2, 0.25) is 0 Å². The van der Waals surface area contributed by atoms with Crippen molar-refractivity contribution in [2.45, 2.75) is 65.3 Å². The lowest BCUT2D eigenvalue weighted by atomic mass is 9.92. The third-order valence-electron chi connectivity index (χ3n) is 5.96. The number of aryl methyl sites for hydroxylation is 1. The summed E-state index contributed by atoms with van der Waals surface area (Å²) >= 11 is 0. The number of fused-ring (bicyclic) bond motifs is 1. The molecule has 3 nitrogen and oxygen atoms in total. The molecule has 0 bridgehead atoms. The number of rotatable bonds is 10. The highest BCUT2D eigenvalue weighted by molar-refractivity contribution is 5.99. The molecule has 0 amide bonds. The highest BCUT2D eigenvalue weighted by atomic mass is 16.5. The number of ether oxygens (including phenoxy) is 2. The second kappa shape index (κ2) is 10.5. The number of hydrogen-bond donors (Lipinski definition) is 0. The first-order valence-electron chi connectivity index (χ1n) is 11.1. The minimum atomic E-state index is 0.826. The number of hydrogen-bond acceptors (Lipinski definition) is 2. The Morgan fingerprint density at radius 1 is 0.897 bits per heavy atom. The van der Waals surface area contributed by atoms with Crippen molar-refractivity contribution in [3.8, 4) is 11.5 Å². The van der Waals surface area contributed by atoms with Crippen LogP contribution in [0.3, 0.4) is 0 Å². The smallest absolute Gasteiger partial charge is 0.184 e. The molecule has 0 spiro atoms. The predicted molar refractivity (Wildman–Crippen MR) is 121 cm³/mol. The normalized spacial score (nSPS) is 13.4. The summed E-state index contributed by atoms with van der Waals surface area (Å²) in [5.74, 6) is 1.66. The lowest BCUT2D eigenvalue weighted by Gasteiger charge is -2.21. The lowest BCUT2D eigenvalue weighted by Crippen LogP contribution is -2.30. The van der Waals surface area contributed by atoms with Crippen LogP contribution in [-0.2, 0) is 13.0 Å². The van der Waals surface area contributed by atoms with Crippen LogP contribution in [-0.4, -0.2) is 31.1 Å². The Morgan fingerprint density at radius 2 is 1.59 bits per heavy atom. The maximum absolute atomic E-state index is 5.62. The Balaban J connectivity index is 1.92. The molecule has 3 rings (SSSR count). The minimum absolute atomic E-state index is 0.826. The van der Waals surface area contributed by atoms with Gasteiger partial charge >= 0.3 is 0 Å². The molecule has 29 heavy (non-hydrogen) atoms. The molecule has 0 saturated carbocycles. The van der Waals surface area contributed by atoms with Crippen LogP contribution in [0.4, 0.5) is 0 Å². The fourth-order valence-corrected chi connectivity index (χ4v) is 4.23. The fraction of sp³-hybridized carbons (Fsp3) is 0.500. The number of benzene rings is 2. The summed E-state index contributed by atoms with van der Waals surface area (Å²) in [5.41, 5.74) is 6.88. The summed E-state index contributed by atoms with van der Waals surface area (Å²) in [5, 5.41) is 0. The van der Waals surface area contributed by atoms with Gasteiger partial charge in [-0.2, -0.15) is 0 Å². The second-order valence-electron chi connectivity index (χ2n) is 8.13. The Labute approximate surface area is 176 Å². The van der Waals surface area contributed by atoms with Gasteiger partial charge in [0.1, 0.15) is 6.54 Å². The maximum Gasteiger partial charge on any atom is 0.184 e. The molecular weight excluding hydrogens is 358 g/mol. The molecule has 1 aliphatic rings. The molecule has 0 N–H and O–H groups in total. The van der Waals surface area contributed by atoms with Crippen LogP contribution in [0.1, 0.15) is 67.7 Å². The largest absolute Gasteiger partial charge is 0.493 e. The summed E-state index contributed by atoms with van der Waals surface area (Å²) in [6.45, 7) is 6.45. The summed E-state index contributed by atoms with van der Waals surface area (Å²) in [7, 11) is 3.44. The molecule has 0 aliphatic carbocycles. The standard InChI is InChI=1S/C26H36NO2/c1-5-6-7-8-9-10-24-23-18-26(29-4)25(28-3)17-22(23)15-16-27(24)19-21-13-11-20(2)12-14-21/h11-14,17-18H,5-10,15-16,19H2,1-4H3/q+1. The van der Waals surface area contributed by atoms with Gasteiger partial charge in [-0.15, -0.1) is 0 Å². The average molecular weight is 395 g/mol. The molecule has 1 aliphatic heterocycles. The van der Waals surface area contributed by atoms with Crippen molar-refractivity contribution in [1.29, 1.82) is 0 Å². The first-order chi connectivity index (χ1) is 14.2. The van der Waals surface area contributed by atoms with Gasteiger partial charge in [0, 0.05) is 24.0 Å². The molecule has 0 radical (unpaired) electrons. The van der Waals surface area contributed by atoms with E-state index in [0.717, 1.165) is 37.4 Å². The summed E-state index contributed by atoms with van der Waals surface area (Å²) < 4.78 is 13.7. The van der Waals surface area contributed by atoms with Crippen LogP contribution in [0.5, 0.6) is 11.5 Å². The summed E-state index contributed by atoms with van der Waals surface area (Å²) in [6.07, 6.45) is 8.67.